The fraction of sp³-hybridized carbons (Fsp3) is 0.818. The van der Waals surface area contributed by atoms with Crippen molar-refractivity contribution in [1.82, 2.24) is 9.80 Å². The average molecular weight is 294 g/mol. The Kier molecular flexibility index (Phi) is 5.75. The van der Waals surface area contributed by atoms with Crippen LogP contribution in [0.4, 0.5) is 0 Å². The first-order valence-corrected chi connectivity index (χ1v) is 7.12. The monoisotopic (exact) mass is 293 g/mol. The lowest BCUT2D eigenvalue weighted by Gasteiger charge is -2.24. The standard InChI is InChI=1S/C11H19N3O2S.ClH/c1-8-2-9(3-12)4-14(8)10(15)5-13-7-17-6-11(13)16;/h8-9H,2-7,12H2,1H3;1H. The number of nitrogens with zero attached hydrogens (tertiary/aromatic N) is 2. The molecule has 0 aromatic carbocycles. The second-order valence-electron chi connectivity index (χ2n) is 4.80. The molecular formula is C11H20ClN3O2S. The lowest BCUT2D eigenvalue weighted by Crippen LogP contribution is -2.42. The van der Waals surface area contributed by atoms with Crippen molar-refractivity contribution in [3.63, 3.8) is 0 Å². The second kappa shape index (κ2) is 6.63. The molecular weight excluding hydrogens is 274 g/mol. The molecule has 2 saturated heterocycles. The summed E-state index contributed by atoms with van der Waals surface area (Å²) in [5.74, 6) is 1.70. The highest BCUT2D eigenvalue weighted by atomic mass is 35.5. The minimum Gasteiger partial charge on any atom is -0.338 e. The number of halogens is 1. The van der Waals surface area contributed by atoms with Crippen molar-refractivity contribution in [2.75, 3.05) is 31.3 Å². The Hall–Kier alpha value is -0.460. The zero-order valence-electron chi connectivity index (χ0n) is 10.5. The number of rotatable bonds is 3. The molecule has 2 unspecified atom stereocenters. The third-order valence-electron chi connectivity index (χ3n) is 3.47. The van der Waals surface area contributed by atoms with E-state index in [-0.39, 0.29) is 36.8 Å². The first kappa shape index (κ1) is 15.6. The van der Waals surface area contributed by atoms with Gasteiger partial charge in [-0.05, 0) is 25.8 Å². The molecule has 104 valence electrons. The van der Waals surface area contributed by atoms with Crippen LogP contribution in [0.15, 0.2) is 0 Å². The van der Waals surface area contributed by atoms with E-state index < -0.39 is 0 Å². The minimum absolute atomic E-state index is 0. The molecule has 2 amide bonds. The summed E-state index contributed by atoms with van der Waals surface area (Å²) in [7, 11) is 0. The Balaban J connectivity index is 0.00000162. The topological polar surface area (TPSA) is 66.6 Å². The molecule has 5 nitrogen and oxygen atoms in total. The van der Waals surface area contributed by atoms with Crippen LogP contribution in [0.1, 0.15) is 13.3 Å². The van der Waals surface area contributed by atoms with Crippen LogP contribution in [-0.2, 0) is 9.59 Å². The number of amides is 2. The Morgan fingerprint density at radius 1 is 1.56 bits per heavy atom. The van der Waals surface area contributed by atoms with Gasteiger partial charge in [0.05, 0.1) is 11.6 Å². The van der Waals surface area contributed by atoms with Gasteiger partial charge in [-0.2, -0.15) is 0 Å². The maximum Gasteiger partial charge on any atom is 0.242 e. The van der Waals surface area contributed by atoms with Crippen LogP contribution in [0.3, 0.4) is 0 Å². The van der Waals surface area contributed by atoms with E-state index in [1.807, 2.05) is 11.8 Å². The first-order chi connectivity index (χ1) is 8.11. The zero-order chi connectivity index (χ0) is 12.4. The van der Waals surface area contributed by atoms with Crippen molar-refractivity contribution < 1.29 is 9.59 Å². The zero-order valence-corrected chi connectivity index (χ0v) is 12.1. The van der Waals surface area contributed by atoms with E-state index in [2.05, 4.69) is 0 Å². The smallest absolute Gasteiger partial charge is 0.242 e. The van der Waals surface area contributed by atoms with Gasteiger partial charge in [0.2, 0.25) is 11.8 Å². The van der Waals surface area contributed by atoms with Gasteiger partial charge < -0.3 is 15.5 Å². The molecule has 0 saturated carbocycles. The van der Waals surface area contributed by atoms with Gasteiger partial charge in [0, 0.05) is 12.6 Å². The molecule has 2 aliphatic rings. The maximum atomic E-state index is 12.1. The summed E-state index contributed by atoms with van der Waals surface area (Å²) >= 11 is 1.57. The summed E-state index contributed by atoms with van der Waals surface area (Å²) in [6.07, 6.45) is 0.977. The minimum atomic E-state index is 0. The summed E-state index contributed by atoms with van der Waals surface area (Å²) in [6.45, 7) is 3.65. The van der Waals surface area contributed by atoms with Crippen molar-refractivity contribution in [2.45, 2.75) is 19.4 Å². The number of hydrogen-bond acceptors (Lipinski definition) is 4. The highest BCUT2D eigenvalue weighted by Crippen LogP contribution is 2.23. The number of likely N-dealkylation sites (tertiary alicyclic amines) is 1. The van der Waals surface area contributed by atoms with E-state index in [4.69, 9.17) is 5.73 Å². The highest BCUT2D eigenvalue weighted by molar-refractivity contribution is 8.00. The highest BCUT2D eigenvalue weighted by Gasteiger charge is 2.33. The summed E-state index contributed by atoms with van der Waals surface area (Å²) in [6, 6.07) is 0.251. The first-order valence-electron chi connectivity index (χ1n) is 5.97. The summed E-state index contributed by atoms with van der Waals surface area (Å²) in [5, 5.41) is 0. The van der Waals surface area contributed by atoms with Gasteiger partial charge >= 0.3 is 0 Å². The molecule has 0 spiro atoms. The SMILES string of the molecule is CC1CC(CN)CN1C(=O)CN1CSCC1=O.Cl. The number of nitrogens with two attached hydrogens (primary N) is 1. The quantitative estimate of drug-likeness (QED) is 0.804. The molecule has 18 heavy (non-hydrogen) atoms. The van der Waals surface area contributed by atoms with Crippen LogP contribution in [0.2, 0.25) is 0 Å². The van der Waals surface area contributed by atoms with E-state index in [9.17, 15) is 9.59 Å². The van der Waals surface area contributed by atoms with Gasteiger partial charge in [0.15, 0.2) is 0 Å². The van der Waals surface area contributed by atoms with Gasteiger partial charge in [0.1, 0.15) is 6.54 Å². The lowest BCUT2D eigenvalue weighted by atomic mass is 10.1. The molecule has 2 atom stereocenters. The maximum absolute atomic E-state index is 12.1. The number of carbonyl (C=O) groups is 2. The van der Waals surface area contributed by atoms with E-state index in [0.717, 1.165) is 13.0 Å². The molecule has 7 heteroatoms. The molecule has 0 aromatic rings. The number of hydrogen-bond donors (Lipinski definition) is 1. The molecule has 2 fully saturated rings. The Morgan fingerprint density at radius 3 is 2.78 bits per heavy atom. The van der Waals surface area contributed by atoms with Crippen molar-refractivity contribution in [2.24, 2.45) is 11.7 Å². The molecule has 0 bridgehead atoms. The lowest BCUT2D eigenvalue weighted by molar-refractivity contribution is -0.138. The van der Waals surface area contributed by atoms with Crippen LogP contribution in [0.25, 0.3) is 0 Å². The van der Waals surface area contributed by atoms with Gasteiger partial charge in [-0.3, -0.25) is 9.59 Å². The summed E-state index contributed by atoms with van der Waals surface area (Å²) in [5.41, 5.74) is 5.64. The fourth-order valence-electron chi connectivity index (χ4n) is 2.46. The van der Waals surface area contributed by atoms with Crippen LogP contribution in [-0.4, -0.2) is 58.9 Å². The molecule has 2 aliphatic heterocycles. The fourth-order valence-corrected chi connectivity index (χ4v) is 3.36. The van der Waals surface area contributed by atoms with Gasteiger partial charge in [-0.1, -0.05) is 0 Å². The van der Waals surface area contributed by atoms with Crippen LogP contribution in [0, 0.1) is 5.92 Å². The summed E-state index contributed by atoms with van der Waals surface area (Å²) < 4.78 is 0. The van der Waals surface area contributed by atoms with Crippen LogP contribution < -0.4 is 5.73 Å². The van der Waals surface area contributed by atoms with Crippen molar-refractivity contribution >= 4 is 36.0 Å². The van der Waals surface area contributed by atoms with E-state index in [1.165, 1.54) is 0 Å². The van der Waals surface area contributed by atoms with Gasteiger partial charge in [-0.15, -0.1) is 24.2 Å². The largest absolute Gasteiger partial charge is 0.338 e. The third-order valence-corrected chi connectivity index (χ3v) is 4.41. The molecule has 0 aliphatic carbocycles. The van der Waals surface area contributed by atoms with Crippen LogP contribution >= 0.6 is 24.2 Å². The Morgan fingerprint density at radius 2 is 2.28 bits per heavy atom. The van der Waals surface area contributed by atoms with Gasteiger partial charge in [-0.25, -0.2) is 0 Å². The van der Waals surface area contributed by atoms with Crippen molar-refractivity contribution in [3.8, 4) is 0 Å². The van der Waals surface area contributed by atoms with Crippen molar-refractivity contribution in [1.29, 1.82) is 0 Å². The molecule has 0 aromatic heterocycles. The molecule has 0 radical (unpaired) electrons. The molecule has 2 rings (SSSR count). The van der Waals surface area contributed by atoms with Crippen molar-refractivity contribution in [3.05, 3.63) is 0 Å². The van der Waals surface area contributed by atoms with Crippen LogP contribution in [0.5, 0.6) is 0 Å². The summed E-state index contributed by atoms with van der Waals surface area (Å²) in [4.78, 5) is 27.0. The Bertz CT molecular complexity index is 329. The Labute approximate surface area is 118 Å². The number of carbonyl (C=O) groups excluding carboxylic acids is 2. The van der Waals surface area contributed by atoms with Gasteiger partial charge in [0.25, 0.3) is 0 Å². The molecule has 2 heterocycles. The second-order valence-corrected chi connectivity index (χ2v) is 5.76. The van der Waals surface area contributed by atoms with E-state index in [0.29, 0.717) is 24.1 Å². The third kappa shape index (κ3) is 3.30. The normalized spacial score (nSPS) is 27.6. The predicted molar refractivity (Wildman–Crippen MR) is 74.6 cm³/mol. The van der Waals surface area contributed by atoms with E-state index in [1.54, 1.807) is 16.7 Å². The number of thioether (sulfide) groups is 1. The van der Waals surface area contributed by atoms with E-state index >= 15 is 0 Å². The predicted octanol–water partition coefficient (Wildman–Crippen LogP) is 0.137. The molecule has 2 N–H and O–H groups in total. The average Bonchev–Trinajstić information content (AvgIpc) is 2.86.